The van der Waals surface area contributed by atoms with Gasteiger partial charge in [0.05, 0.1) is 61.4 Å². The van der Waals surface area contributed by atoms with E-state index < -0.39 is 118 Å². The van der Waals surface area contributed by atoms with E-state index in [0.717, 1.165) is 36.4 Å². The predicted octanol–water partition coefficient (Wildman–Crippen LogP) is -13.6. The van der Waals surface area contributed by atoms with Crippen molar-refractivity contribution in [3.05, 3.63) is 48.5 Å². The predicted molar refractivity (Wildman–Crippen MR) is 188 cm³/mol. The van der Waals surface area contributed by atoms with Crippen molar-refractivity contribution in [2.24, 2.45) is 20.5 Å². The number of anilines is 2. The molecule has 4 N–H and O–H groups in total. The van der Waals surface area contributed by atoms with Crippen molar-refractivity contribution in [2.75, 3.05) is 41.1 Å². The Balaban J connectivity index is -0.00000434. The number of azo groups is 2. The topological polar surface area (TPSA) is 401 Å². The van der Waals surface area contributed by atoms with Crippen LogP contribution in [0, 0.1) is 0 Å². The standard InChI is InChI=1S/C22H24N6O18S6.CH3I2.4Na/c23-20-17(27-26-16-6-5-15(11-18(16)50(34,35)36)49(32,33)9-7-43-47-46-45-29)12-19(51(37,38)39)21(24)22(20)28-25-13-1-3-14(4-2-13)48(30,31)10-8-44-52(40,41)42;1-3-2;;;;/h1-6,11-12,29H,7-10,23-24H2,(H,34,35,36)(H,37,38,39)(H,40,41,42);1H3;;;;/q;-1;4*+1/p-4. The van der Waals surface area contributed by atoms with Crippen LogP contribution in [0.25, 0.3) is 0 Å². The van der Waals surface area contributed by atoms with E-state index in [4.69, 9.17) is 11.5 Å². The van der Waals surface area contributed by atoms with E-state index in [2.05, 4.69) is 61.7 Å². The molecule has 0 atom stereocenters. The number of hydrogen-bond donors (Lipinski definition) is 2. The Morgan fingerprint density at radius 3 is 1.68 bits per heavy atom. The van der Waals surface area contributed by atoms with Crippen molar-refractivity contribution in [3.8, 4) is 0 Å². The zero-order valence-electron chi connectivity index (χ0n) is 30.9. The van der Waals surface area contributed by atoms with E-state index in [0.29, 0.717) is 29.4 Å². The van der Waals surface area contributed by atoms with Gasteiger partial charge in [0.2, 0.25) is 10.4 Å². The van der Waals surface area contributed by atoms with Gasteiger partial charge in [-0.1, -0.05) is 0 Å². The molecular weight excluding hydrogens is 1190 g/mol. The summed E-state index contributed by atoms with van der Waals surface area (Å²) in [6, 6.07) is 6.78. The van der Waals surface area contributed by atoms with E-state index in [1.807, 2.05) is 0 Å². The van der Waals surface area contributed by atoms with Crippen LogP contribution in [0.15, 0.2) is 88.6 Å². The van der Waals surface area contributed by atoms with Crippen LogP contribution in [0.3, 0.4) is 0 Å². The van der Waals surface area contributed by atoms with E-state index in [-0.39, 0.29) is 141 Å². The number of nitrogens with two attached hydrogens (primary N) is 2. The summed E-state index contributed by atoms with van der Waals surface area (Å²) in [6.45, 7) is -1.54. The second-order valence-corrected chi connectivity index (χ2v) is 24.3. The fourth-order valence-electron chi connectivity index (χ4n) is 3.66. The number of hydrogen-bond acceptors (Lipinski definition) is 25. The van der Waals surface area contributed by atoms with Gasteiger partial charge in [-0.15, -0.1) is 19.7 Å². The van der Waals surface area contributed by atoms with Crippen LogP contribution < -0.4 is 152 Å². The minimum Gasteiger partial charge on any atom is -0.744 e. The molecule has 36 heteroatoms. The fourth-order valence-corrected chi connectivity index (χ4v) is 7.90. The molecule has 0 fully saturated rings. The molecule has 0 aromatic heterocycles. The molecule has 0 amide bonds. The van der Waals surface area contributed by atoms with Crippen LogP contribution in [-0.2, 0) is 68.0 Å². The maximum Gasteiger partial charge on any atom is 1.00 e. The van der Waals surface area contributed by atoms with Gasteiger partial charge < -0.3 is 30.4 Å². The number of nitrogen functional groups attached to an aromatic ring is 2. The summed E-state index contributed by atoms with van der Waals surface area (Å²) >= 11 is 2.97. The summed E-state index contributed by atoms with van der Waals surface area (Å²) in [7, 11) is -24.4. The van der Waals surface area contributed by atoms with Gasteiger partial charge >= 0.3 is 159 Å². The first-order valence-corrected chi connectivity index (χ1v) is 30.1. The second kappa shape index (κ2) is 29.4. The third-order valence-corrected chi connectivity index (χ3v) is 11.9. The molecule has 0 unspecified atom stereocenters. The van der Waals surface area contributed by atoms with Gasteiger partial charge in [0.25, 0.3) is 0 Å². The minimum absolute atomic E-state index is 0. The van der Waals surface area contributed by atoms with Crippen LogP contribution in [-0.4, -0.2) is 85.4 Å². The van der Waals surface area contributed by atoms with Crippen LogP contribution >= 0.6 is 30.9 Å². The molecule has 0 saturated heterocycles. The number of benzene rings is 3. The van der Waals surface area contributed by atoms with Crippen LogP contribution in [0.5, 0.6) is 0 Å². The average molecular weight is 1210 g/mol. The third-order valence-electron chi connectivity index (χ3n) is 5.99. The van der Waals surface area contributed by atoms with Crippen LogP contribution in [0.1, 0.15) is 0 Å². The SMILES string of the molecule is C[I-]I.Nc1c(N=Nc2ccc(S(=O)(=O)CCOSOO[O-])cc2S(=O)(=O)[O-])cc(S(=O)(=O)[O-])c(N)c1N=Nc1ccc(S(=O)(=O)CCOS(=O)(=O)[O-])cc1.[Na+].[Na+].[Na+].[Na+]. The second-order valence-electron chi connectivity index (χ2n) is 9.54. The largest absolute Gasteiger partial charge is 1.00 e. The van der Waals surface area contributed by atoms with Gasteiger partial charge in [0.15, 0.2) is 32.0 Å². The quantitative estimate of drug-likeness (QED) is 0.0102. The molecule has 3 rings (SSSR count). The summed E-state index contributed by atoms with van der Waals surface area (Å²) in [4.78, 5) is -1.15. The maximum atomic E-state index is 12.6. The van der Waals surface area contributed by atoms with E-state index >= 15 is 0 Å². The molecule has 0 aliphatic carbocycles. The van der Waals surface area contributed by atoms with Gasteiger partial charge in [-0.05, 0) is 48.5 Å². The van der Waals surface area contributed by atoms with Gasteiger partial charge in [0, 0.05) is 0 Å². The first-order valence-electron chi connectivity index (χ1n) is 13.5. The van der Waals surface area contributed by atoms with Gasteiger partial charge in [0.1, 0.15) is 37.3 Å². The number of sulfone groups is 2. The number of alkyl halides is 1. The summed E-state index contributed by atoms with van der Waals surface area (Å²) in [6.07, 6.45) is 0. The Morgan fingerprint density at radius 1 is 0.678 bits per heavy atom. The van der Waals surface area contributed by atoms with E-state index in [9.17, 15) is 61.0 Å². The molecule has 24 nitrogen and oxygen atoms in total. The van der Waals surface area contributed by atoms with Crippen molar-refractivity contribution in [2.45, 2.75) is 19.6 Å². The Morgan fingerprint density at radius 2 is 1.17 bits per heavy atom. The molecule has 0 aliphatic heterocycles. The zero-order chi connectivity index (χ0) is 41.8. The van der Waals surface area contributed by atoms with Crippen molar-refractivity contribution in [3.63, 3.8) is 0 Å². The summed E-state index contributed by atoms with van der Waals surface area (Å²) < 4.78 is 166. The Kier molecular flexibility index (Phi) is 32.3. The van der Waals surface area contributed by atoms with Crippen molar-refractivity contribution in [1.82, 2.24) is 0 Å². The van der Waals surface area contributed by atoms with Gasteiger partial charge in [-0.25, -0.2) is 42.1 Å². The van der Waals surface area contributed by atoms with Crippen LogP contribution in [0.2, 0.25) is 0 Å². The van der Waals surface area contributed by atoms with Crippen molar-refractivity contribution in [1.29, 1.82) is 0 Å². The molecule has 0 radical (unpaired) electrons. The molecule has 308 valence electrons. The molecule has 3 aromatic carbocycles. The monoisotopic (exact) mass is 1210 g/mol. The summed E-state index contributed by atoms with van der Waals surface area (Å²) in [5.74, 6) is -1.67. The van der Waals surface area contributed by atoms with Crippen molar-refractivity contribution < 1.29 is 214 Å². The van der Waals surface area contributed by atoms with Crippen molar-refractivity contribution >= 4 is 115 Å². The first kappa shape index (κ1) is 65.0. The third kappa shape index (κ3) is 22.2. The molecule has 0 heterocycles. The first-order chi connectivity index (χ1) is 25.4. The van der Waals surface area contributed by atoms with E-state index in [1.165, 1.54) is 0 Å². The van der Waals surface area contributed by atoms with Gasteiger partial charge in [-0.2, -0.15) is 5.11 Å². The number of halogens is 2. The average Bonchev–Trinajstić information content (AvgIpc) is 3.06. The van der Waals surface area contributed by atoms with E-state index in [1.54, 1.807) is 0 Å². The fraction of sp³-hybridized carbons (Fsp3) is 0.217. The summed E-state index contributed by atoms with van der Waals surface area (Å²) in [5, 5.41) is 27.4. The Labute approximate surface area is 451 Å². The molecule has 0 spiro atoms. The Hall–Kier alpha value is 1.70. The molecule has 0 aliphatic rings. The van der Waals surface area contributed by atoms with Crippen LogP contribution in [0.4, 0.5) is 34.1 Å². The Bertz CT molecular complexity index is 2480. The number of rotatable bonds is 18. The van der Waals surface area contributed by atoms with Gasteiger partial charge in [-0.3, -0.25) is 13.4 Å². The molecular formula is C23H23I2N6Na4O18S6-. The zero-order valence-corrected chi connectivity index (χ0v) is 48.2. The minimum atomic E-state index is -5.46. The number of nitrogens with zero attached hydrogens (tertiary/aromatic N) is 4. The smallest absolute Gasteiger partial charge is 0.744 e. The molecule has 3 aromatic rings. The molecule has 59 heavy (non-hydrogen) atoms. The normalized spacial score (nSPS) is 12.1. The molecule has 0 bridgehead atoms. The maximum absolute atomic E-state index is 12.6. The summed E-state index contributed by atoms with van der Waals surface area (Å²) in [5.41, 5.74) is 8.19. The molecule has 0 saturated carbocycles.